The standard InChI is InChI=1S/C7H16O2/c1-4-9-7(3)6(2)5-8/h6-8H,4-5H2,1-3H3. The number of hydrogen-bond donors (Lipinski definition) is 1. The number of aliphatic hydroxyl groups excluding tert-OH is 1. The maximum atomic E-state index is 8.65. The van der Waals surface area contributed by atoms with Gasteiger partial charge in [-0.25, -0.2) is 0 Å². The highest BCUT2D eigenvalue weighted by Crippen LogP contribution is 2.04. The molecule has 0 aliphatic heterocycles. The van der Waals surface area contributed by atoms with Gasteiger partial charge < -0.3 is 9.84 Å². The van der Waals surface area contributed by atoms with Gasteiger partial charge >= 0.3 is 0 Å². The highest BCUT2D eigenvalue weighted by Gasteiger charge is 2.09. The first-order valence-corrected chi connectivity index (χ1v) is 3.44. The van der Waals surface area contributed by atoms with E-state index < -0.39 is 0 Å². The number of aliphatic hydroxyl groups is 1. The molecule has 0 saturated heterocycles. The van der Waals surface area contributed by atoms with Gasteiger partial charge in [0, 0.05) is 19.1 Å². The molecular formula is C7H16O2. The van der Waals surface area contributed by atoms with Crippen molar-refractivity contribution >= 4 is 0 Å². The molecule has 9 heavy (non-hydrogen) atoms. The Hall–Kier alpha value is -0.0800. The fourth-order valence-corrected chi connectivity index (χ4v) is 0.576. The van der Waals surface area contributed by atoms with E-state index in [1.165, 1.54) is 0 Å². The Balaban J connectivity index is 3.32. The zero-order chi connectivity index (χ0) is 7.28. The van der Waals surface area contributed by atoms with Crippen molar-refractivity contribution in [3.05, 3.63) is 0 Å². The second-order valence-corrected chi connectivity index (χ2v) is 2.32. The third-order valence-electron chi connectivity index (χ3n) is 1.52. The summed E-state index contributed by atoms with van der Waals surface area (Å²) >= 11 is 0. The zero-order valence-corrected chi connectivity index (χ0v) is 6.42. The summed E-state index contributed by atoms with van der Waals surface area (Å²) < 4.78 is 5.23. The summed E-state index contributed by atoms with van der Waals surface area (Å²) in [7, 11) is 0. The van der Waals surface area contributed by atoms with Gasteiger partial charge in [-0.05, 0) is 13.8 Å². The van der Waals surface area contributed by atoms with Crippen LogP contribution in [0.15, 0.2) is 0 Å². The summed E-state index contributed by atoms with van der Waals surface area (Å²) in [5.41, 5.74) is 0. The molecule has 0 bridgehead atoms. The van der Waals surface area contributed by atoms with Gasteiger partial charge in [-0.15, -0.1) is 0 Å². The number of ether oxygens (including phenoxy) is 1. The minimum absolute atomic E-state index is 0.181. The molecule has 0 fully saturated rings. The SMILES string of the molecule is CCOC(C)C(C)CO. The molecule has 0 heterocycles. The Morgan fingerprint density at radius 1 is 1.44 bits per heavy atom. The molecule has 0 saturated carbocycles. The maximum Gasteiger partial charge on any atom is 0.0594 e. The lowest BCUT2D eigenvalue weighted by Crippen LogP contribution is -2.20. The van der Waals surface area contributed by atoms with Crippen molar-refractivity contribution in [1.82, 2.24) is 0 Å². The molecule has 0 aliphatic carbocycles. The van der Waals surface area contributed by atoms with Crippen molar-refractivity contribution < 1.29 is 9.84 Å². The fourth-order valence-electron chi connectivity index (χ4n) is 0.576. The molecule has 0 aliphatic rings. The minimum atomic E-state index is 0.181. The van der Waals surface area contributed by atoms with Crippen LogP contribution in [0.3, 0.4) is 0 Å². The van der Waals surface area contributed by atoms with Gasteiger partial charge in [0.2, 0.25) is 0 Å². The Kier molecular flexibility index (Phi) is 4.72. The van der Waals surface area contributed by atoms with Crippen molar-refractivity contribution in [2.75, 3.05) is 13.2 Å². The van der Waals surface area contributed by atoms with E-state index in [-0.39, 0.29) is 18.6 Å². The van der Waals surface area contributed by atoms with E-state index in [4.69, 9.17) is 9.84 Å². The first-order valence-electron chi connectivity index (χ1n) is 3.44. The van der Waals surface area contributed by atoms with Gasteiger partial charge in [-0.2, -0.15) is 0 Å². The van der Waals surface area contributed by atoms with Crippen LogP contribution in [-0.2, 0) is 4.74 Å². The summed E-state index contributed by atoms with van der Waals surface area (Å²) in [6, 6.07) is 0. The minimum Gasteiger partial charge on any atom is -0.396 e. The molecule has 56 valence electrons. The lowest BCUT2D eigenvalue weighted by molar-refractivity contribution is 0.0189. The summed E-state index contributed by atoms with van der Waals surface area (Å²) in [4.78, 5) is 0. The molecule has 0 spiro atoms. The molecule has 2 nitrogen and oxygen atoms in total. The van der Waals surface area contributed by atoms with E-state index in [1.54, 1.807) is 0 Å². The average molecular weight is 132 g/mol. The predicted molar refractivity (Wildman–Crippen MR) is 37.3 cm³/mol. The number of rotatable bonds is 4. The Morgan fingerprint density at radius 2 is 2.00 bits per heavy atom. The van der Waals surface area contributed by atoms with Crippen LogP contribution in [0.5, 0.6) is 0 Å². The van der Waals surface area contributed by atoms with Crippen molar-refractivity contribution in [3.63, 3.8) is 0 Å². The van der Waals surface area contributed by atoms with Crippen LogP contribution in [0, 0.1) is 5.92 Å². The topological polar surface area (TPSA) is 29.5 Å². The molecule has 1 N–H and O–H groups in total. The second kappa shape index (κ2) is 4.77. The summed E-state index contributed by atoms with van der Waals surface area (Å²) in [6.07, 6.45) is 0.181. The smallest absolute Gasteiger partial charge is 0.0594 e. The summed E-state index contributed by atoms with van der Waals surface area (Å²) in [6.45, 7) is 6.85. The van der Waals surface area contributed by atoms with Crippen molar-refractivity contribution in [2.24, 2.45) is 5.92 Å². The molecule has 0 aromatic carbocycles. The van der Waals surface area contributed by atoms with Crippen LogP contribution in [0.25, 0.3) is 0 Å². The normalized spacial score (nSPS) is 17.3. The van der Waals surface area contributed by atoms with Crippen LogP contribution in [0.4, 0.5) is 0 Å². The molecule has 0 amide bonds. The van der Waals surface area contributed by atoms with Gasteiger partial charge in [0.15, 0.2) is 0 Å². The quantitative estimate of drug-likeness (QED) is 0.619. The molecule has 2 unspecified atom stereocenters. The van der Waals surface area contributed by atoms with Gasteiger partial charge in [0.1, 0.15) is 0 Å². The predicted octanol–water partition coefficient (Wildman–Crippen LogP) is 1.04. The third kappa shape index (κ3) is 3.49. The van der Waals surface area contributed by atoms with Crippen molar-refractivity contribution in [2.45, 2.75) is 26.9 Å². The highest BCUT2D eigenvalue weighted by molar-refractivity contribution is 4.57. The van der Waals surface area contributed by atoms with E-state index in [2.05, 4.69) is 0 Å². The van der Waals surface area contributed by atoms with Crippen LogP contribution in [0.1, 0.15) is 20.8 Å². The Labute approximate surface area is 56.8 Å². The van der Waals surface area contributed by atoms with E-state index in [0.717, 1.165) is 6.61 Å². The zero-order valence-electron chi connectivity index (χ0n) is 6.42. The molecule has 0 radical (unpaired) electrons. The molecule has 0 rings (SSSR count). The van der Waals surface area contributed by atoms with E-state index in [0.29, 0.717) is 0 Å². The summed E-state index contributed by atoms with van der Waals surface area (Å²) in [5, 5.41) is 8.65. The fraction of sp³-hybridized carbons (Fsp3) is 1.00. The Bertz CT molecular complexity index is 63.9. The van der Waals surface area contributed by atoms with Gasteiger partial charge in [0.25, 0.3) is 0 Å². The average Bonchev–Trinajstić information content (AvgIpc) is 1.87. The van der Waals surface area contributed by atoms with Crippen LogP contribution < -0.4 is 0 Å². The van der Waals surface area contributed by atoms with Crippen LogP contribution in [0.2, 0.25) is 0 Å². The van der Waals surface area contributed by atoms with E-state index in [9.17, 15) is 0 Å². The van der Waals surface area contributed by atoms with Crippen molar-refractivity contribution in [1.29, 1.82) is 0 Å². The van der Waals surface area contributed by atoms with Gasteiger partial charge in [0.05, 0.1) is 6.10 Å². The van der Waals surface area contributed by atoms with Crippen molar-refractivity contribution in [3.8, 4) is 0 Å². The lowest BCUT2D eigenvalue weighted by atomic mass is 10.1. The molecule has 2 heteroatoms. The van der Waals surface area contributed by atoms with Crippen LogP contribution >= 0.6 is 0 Å². The van der Waals surface area contributed by atoms with E-state index >= 15 is 0 Å². The second-order valence-electron chi connectivity index (χ2n) is 2.32. The lowest BCUT2D eigenvalue weighted by Gasteiger charge is -2.16. The largest absolute Gasteiger partial charge is 0.396 e. The van der Waals surface area contributed by atoms with Crippen LogP contribution in [-0.4, -0.2) is 24.4 Å². The van der Waals surface area contributed by atoms with E-state index in [1.807, 2.05) is 20.8 Å². The third-order valence-corrected chi connectivity index (χ3v) is 1.52. The summed E-state index contributed by atoms with van der Waals surface area (Å²) in [5.74, 6) is 0.255. The molecular weight excluding hydrogens is 116 g/mol. The molecule has 0 aromatic rings. The van der Waals surface area contributed by atoms with Gasteiger partial charge in [-0.1, -0.05) is 6.92 Å². The monoisotopic (exact) mass is 132 g/mol. The molecule has 0 aromatic heterocycles. The maximum absolute atomic E-state index is 8.65. The number of hydrogen-bond acceptors (Lipinski definition) is 2. The first-order chi connectivity index (χ1) is 4.22. The Morgan fingerprint density at radius 3 is 2.33 bits per heavy atom. The molecule has 2 atom stereocenters. The van der Waals surface area contributed by atoms with Gasteiger partial charge in [-0.3, -0.25) is 0 Å². The first kappa shape index (κ1) is 8.92. The highest BCUT2D eigenvalue weighted by atomic mass is 16.5.